The molecule has 0 amide bonds. The molecule has 0 aliphatic carbocycles. The Hall–Kier alpha value is -4.00. The number of carbonyl (C=O) groups excluding carboxylic acids is 1. The van der Waals surface area contributed by atoms with Gasteiger partial charge in [0, 0.05) is 5.56 Å². The van der Waals surface area contributed by atoms with Gasteiger partial charge in [-0.15, -0.1) is 0 Å². The van der Waals surface area contributed by atoms with Crippen LogP contribution in [0.4, 0.5) is 4.39 Å². The Morgan fingerprint density at radius 3 is 2.00 bits per heavy atom. The third-order valence-electron chi connectivity index (χ3n) is 4.87. The average molecular weight is 452 g/mol. The quantitative estimate of drug-likeness (QED) is 0.306. The molecule has 7 heteroatoms. The van der Waals surface area contributed by atoms with Crippen molar-refractivity contribution >= 4 is 11.9 Å². The van der Waals surface area contributed by atoms with Crippen LogP contribution in [-0.2, 0) is 6.61 Å². The molecule has 0 aromatic heterocycles. The summed E-state index contributed by atoms with van der Waals surface area (Å²) in [5.41, 5.74) is 1.98. The van der Waals surface area contributed by atoms with E-state index in [2.05, 4.69) is 0 Å². The van der Waals surface area contributed by atoms with Gasteiger partial charge < -0.3 is 23.7 Å². The minimum Gasteiger partial charge on any atom is -0.493 e. The lowest BCUT2D eigenvalue weighted by Gasteiger charge is -2.13. The maximum atomic E-state index is 13.1. The Kier molecular flexibility index (Phi) is 7.91. The summed E-state index contributed by atoms with van der Waals surface area (Å²) in [4.78, 5) is 12.7. The van der Waals surface area contributed by atoms with Gasteiger partial charge in [-0.05, 0) is 53.6 Å². The molecule has 0 heterocycles. The van der Waals surface area contributed by atoms with E-state index in [1.54, 1.807) is 42.5 Å². The molecule has 0 aliphatic rings. The largest absolute Gasteiger partial charge is 0.493 e. The van der Waals surface area contributed by atoms with Crippen molar-refractivity contribution in [2.45, 2.75) is 6.61 Å². The lowest BCUT2D eigenvalue weighted by atomic mass is 10.1. The fraction of sp³-hybridized carbons (Fsp3) is 0.192. The van der Waals surface area contributed by atoms with E-state index in [9.17, 15) is 9.18 Å². The first-order valence-electron chi connectivity index (χ1n) is 10.1. The summed E-state index contributed by atoms with van der Waals surface area (Å²) in [6, 6.07) is 14.6. The van der Waals surface area contributed by atoms with Crippen molar-refractivity contribution in [3.8, 4) is 28.7 Å². The van der Waals surface area contributed by atoms with Crippen molar-refractivity contribution in [2.24, 2.45) is 0 Å². The van der Waals surface area contributed by atoms with E-state index in [1.165, 1.54) is 46.6 Å². The first kappa shape index (κ1) is 23.7. The van der Waals surface area contributed by atoms with Crippen molar-refractivity contribution in [1.29, 1.82) is 0 Å². The molecule has 0 saturated carbocycles. The maximum Gasteiger partial charge on any atom is 0.203 e. The topological polar surface area (TPSA) is 63.2 Å². The summed E-state index contributed by atoms with van der Waals surface area (Å²) < 4.78 is 40.2. The standard InChI is InChI=1S/C26H25FO6/c1-29-23-13-17(8-12-22(23)33-16-18-5-9-20(27)10-6-18)7-11-21(28)19-14-24(30-2)26(32-4)25(15-19)31-3/h5-15H,16H2,1-4H3/b11-7+. The van der Waals surface area contributed by atoms with Crippen molar-refractivity contribution in [1.82, 2.24) is 0 Å². The zero-order valence-corrected chi connectivity index (χ0v) is 18.9. The first-order chi connectivity index (χ1) is 16.0. The monoisotopic (exact) mass is 452 g/mol. The third-order valence-corrected chi connectivity index (χ3v) is 4.87. The van der Waals surface area contributed by atoms with Gasteiger partial charge in [0.2, 0.25) is 5.75 Å². The highest BCUT2D eigenvalue weighted by atomic mass is 19.1. The van der Waals surface area contributed by atoms with Gasteiger partial charge in [-0.25, -0.2) is 4.39 Å². The molecule has 0 spiro atoms. The normalized spacial score (nSPS) is 10.7. The smallest absolute Gasteiger partial charge is 0.203 e. The molecule has 172 valence electrons. The molecule has 0 unspecified atom stereocenters. The van der Waals surface area contributed by atoms with Crippen LogP contribution < -0.4 is 23.7 Å². The number of carbonyl (C=O) groups is 1. The molecule has 0 saturated heterocycles. The summed E-state index contributed by atoms with van der Waals surface area (Å²) in [5, 5.41) is 0. The van der Waals surface area contributed by atoms with Crippen LogP contribution in [0.25, 0.3) is 6.08 Å². The van der Waals surface area contributed by atoms with Gasteiger partial charge in [0.05, 0.1) is 28.4 Å². The zero-order valence-electron chi connectivity index (χ0n) is 18.9. The minimum atomic E-state index is -0.298. The molecule has 3 aromatic rings. The fourth-order valence-electron chi connectivity index (χ4n) is 3.14. The molecular formula is C26H25FO6. The van der Waals surface area contributed by atoms with Crippen LogP contribution in [0.3, 0.4) is 0 Å². The number of ketones is 1. The van der Waals surface area contributed by atoms with E-state index in [4.69, 9.17) is 23.7 Å². The predicted molar refractivity (Wildman–Crippen MR) is 123 cm³/mol. The van der Waals surface area contributed by atoms with Crippen LogP contribution >= 0.6 is 0 Å². The molecule has 0 bridgehead atoms. The lowest BCUT2D eigenvalue weighted by molar-refractivity contribution is 0.104. The second-order valence-electron chi connectivity index (χ2n) is 6.94. The highest BCUT2D eigenvalue weighted by Crippen LogP contribution is 2.38. The van der Waals surface area contributed by atoms with Gasteiger partial charge in [0.1, 0.15) is 12.4 Å². The molecule has 3 rings (SSSR count). The second kappa shape index (κ2) is 11.0. The summed E-state index contributed by atoms with van der Waals surface area (Å²) in [6.07, 6.45) is 3.13. The summed E-state index contributed by atoms with van der Waals surface area (Å²) in [7, 11) is 6.03. The molecule has 0 atom stereocenters. The van der Waals surface area contributed by atoms with Crippen molar-refractivity contribution < 1.29 is 32.9 Å². The number of allylic oxidation sites excluding steroid dienone is 1. The summed E-state index contributed by atoms with van der Waals surface area (Å²) >= 11 is 0. The molecule has 0 fully saturated rings. The van der Waals surface area contributed by atoms with E-state index in [0.717, 1.165) is 11.1 Å². The molecular weight excluding hydrogens is 427 g/mol. The van der Waals surface area contributed by atoms with Gasteiger partial charge in [0.25, 0.3) is 0 Å². The minimum absolute atomic E-state index is 0.232. The van der Waals surface area contributed by atoms with E-state index in [-0.39, 0.29) is 18.2 Å². The lowest BCUT2D eigenvalue weighted by Crippen LogP contribution is -2.00. The van der Waals surface area contributed by atoms with Crippen LogP contribution in [0, 0.1) is 5.82 Å². The number of hydrogen-bond acceptors (Lipinski definition) is 6. The number of ether oxygens (including phenoxy) is 5. The molecule has 0 radical (unpaired) electrons. The number of benzene rings is 3. The summed E-state index contributed by atoms with van der Waals surface area (Å²) in [6.45, 7) is 0.269. The molecule has 0 aliphatic heterocycles. The zero-order chi connectivity index (χ0) is 23.8. The Morgan fingerprint density at radius 2 is 1.42 bits per heavy atom. The van der Waals surface area contributed by atoms with E-state index >= 15 is 0 Å². The van der Waals surface area contributed by atoms with Gasteiger partial charge in [-0.3, -0.25) is 4.79 Å². The van der Waals surface area contributed by atoms with Crippen molar-refractivity contribution in [3.05, 3.63) is 83.2 Å². The van der Waals surface area contributed by atoms with Gasteiger partial charge in [0.15, 0.2) is 28.8 Å². The number of halogens is 1. The van der Waals surface area contributed by atoms with E-state index in [0.29, 0.717) is 34.3 Å². The highest BCUT2D eigenvalue weighted by molar-refractivity contribution is 6.07. The number of rotatable bonds is 10. The van der Waals surface area contributed by atoms with Crippen LogP contribution in [-0.4, -0.2) is 34.2 Å². The predicted octanol–water partition coefficient (Wildman–Crippen LogP) is 5.34. The average Bonchev–Trinajstić information content (AvgIpc) is 2.86. The third kappa shape index (κ3) is 5.83. The highest BCUT2D eigenvalue weighted by Gasteiger charge is 2.16. The van der Waals surface area contributed by atoms with Gasteiger partial charge in [-0.1, -0.05) is 24.3 Å². The fourth-order valence-corrected chi connectivity index (χ4v) is 3.14. The Labute approximate surface area is 192 Å². The maximum absolute atomic E-state index is 13.1. The van der Waals surface area contributed by atoms with Crippen molar-refractivity contribution in [2.75, 3.05) is 28.4 Å². The van der Waals surface area contributed by atoms with Crippen LogP contribution in [0.15, 0.2) is 60.7 Å². The first-order valence-corrected chi connectivity index (χ1v) is 10.1. The molecule has 3 aromatic carbocycles. The molecule has 6 nitrogen and oxygen atoms in total. The molecule has 0 N–H and O–H groups in total. The summed E-state index contributed by atoms with van der Waals surface area (Å²) in [5.74, 6) is 1.74. The molecule has 33 heavy (non-hydrogen) atoms. The van der Waals surface area contributed by atoms with Gasteiger partial charge >= 0.3 is 0 Å². The van der Waals surface area contributed by atoms with Crippen LogP contribution in [0.1, 0.15) is 21.5 Å². The van der Waals surface area contributed by atoms with E-state index < -0.39 is 0 Å². The number of hydrogen-bond donors (Lipinski definition) is 0. The van der Waals surface area contributed by atoms with Crippen molar-refractivity contribution in [3.63, 3.8) is 0 Å². The van der Waals surface area contributed by atoms with Crippen LogP contribution in [0.5, 0.6) is 28.7 Å². The number of methoxy groups -OCH3 is 4. The van der Waals surface area contributed by atoms with Gasteiger partial charge in [-0.2, -0.15) is 0 Å². The SMILES string of the molecule is COc1cc(/C=C/C(=O)c2cc(OC)c(OC)c(OC)c2)ccc1OCc1ccc(F)cc1. The Morgan fingerprint density at radius 1 is 0.788 bits per heavy atom. The van der Waals surface area contributed by atoms with E-state index in [1.807, 2.05) is 6.07 Å². The Balaban J connectivity index is 1.75. The Bertz CT molecular complexity index is 1110. The second-order valence-corrected chi connectivity index (χ2v) is 6.94. The van der Waals surface area contributed by atoms with Crippen LogP contribution in [0.2, 0.25) is 0 Å².